The van der Waals surface area contributed by atoms with Crippen LogP contribution in [0.3, 0.4) is 0 Å². The number of nitrogens with zero attached hydrogens (tertiary/aromatic N) is 2. The van der Waals surface area contributed by atoms with Gasteiger partial charge in [0.15, 0.2) is 5.69 Å². The SMILES string of the molecule is O=C(O)N[C@H]1C[C@@H](Nc2cnc(C(F)(F)F)cn2)C1. The number of carbonyl (C=O) groups is 1. The molecule has 1 aliphatic rings. The van der Waals surface area contributed by atoms with Crippen molar-refractivity contribution >= 4 is 11.9 Å². The number of halogens is 3. The van der Waals surface area contributed by atoms with E-state index in [4.69, 9.17) is 5.11 Å². The lowest BCUT2D eigenvalue weighted by Crippen LogP contribution is -2.49. The molecule has 1 aromatic heterocycles. The Labute approximate surface area is 106 Å². The standard InChI is InChI=1S/C10H11F3N4O2/c11-10(12,13)7-3-15-8(4-14-7)16-5-1-6(2-5)17-9(18)19/h3-6,17H,1-2H2,(H,15,16)(H,18,19)/t5-,6+. The second-order valence-electron chi connectivity index (χ2n) is 4.24. The van der Waals surface area contributed by atoms with Crippen LogP contribution in [0.1, 0.15) is 18.5 Å². The van der Waals surface area contributed by atoms with Gasteiger partial charge in [0.25, 0.3) is 0 Å². The van der Waals surface area contributed by atoms with Crippen molar-refractivity contribution in [1.29, 1.82) is 0 Å². The average molecular weight is 276 g/mol. The summed E-state index contributed by atoms with van der Waals surface area (Å²) in [5.41, 5.74) is -1.04. The van der Waals surface area contributed by atoms with Gasteiger partial charge in [-0.05, 0) is 12.8 Å². The van der Waals surface area contributed by atoms with Crippen molar-refractivity contribution < 1.29 is 23.1 Å². The van der Waals surface area contributed by atoms with E-state index in [1.165, 1.54) is 0 Å². The Morgan fingerprint density at radius 3 is 2.42 bits per heavy atom. The van der Waals surface area contributed by atoms with Crippen LogP contribution in [-0.4, -0.2) is 33.3 Å². The molecule has 9 heteroatoms. The summed E-state index contributed by atoms with van der Waals surface area (Å²) in [5.74, 6) is 0.242. The highest BCUT2D eigenvalue weighted by Crippen LogP contribution is 2.28. The van der Waals surface area contributed by atoms with Crippen LogP contribution in [0.25, 0.3) is 0 Å². The van der Waals surface area contributed by atoms with Gasteiger partial charge in [0.1, 0.15) is 5.82 Å². The zero-order chi connectivity index (χ0) is 14.0. The fraction of sp³-hybridized carbons (Fsp3) is 0.500. The number of nitrogens with one attached hydrogen (secondary N) is 2. The van der Waals surface area contributed by atoms with Crippen molar-refractivity contribution in [1.82, 2.24) is 15.3 Å². The van der Waals surface area contributed by atoms with Gasteiger partial charge >= 0.3 is 12.3 Å². The van der Waals surface area contributed by atoms with Gasteiger partial charge in [-0.15, -0.1) is 0 Å². The van der Waals surface area contributed by atoms with E-state index in [9.17, 15) is 18.0 Å². The zero-order valence-corrected chi connectivity index (χ0v) is 9.61. The van der Waals surface area contributed by atoms with E-state index in [0.717, 1.165) is 6.20 Å². The summed E-state index contributed by atoms with van der Waals surface area (Å²) in [6, 6.07) is -0.139. The minimum Gasteiger partial charge on any atom is -0.465 e. The number of carboxylic acid groups (broad SMARTS) is 1. The predicted molar refractivity (Wildman–Crippen MR) is 58.6 cm³/mol. The van der Waals surface area contributed by atoms with Crippen LogP contribution in [-0.2, 0) is 6.18 Å². The van der Waals surface area contributed by atoms with Crippen LogP contribution >= 0.6 is 0 Å². The highest BCUT2D eigenvalue weighted by molar-refractivity contribution is 5.65. The molecule has 0 radical (unpaired) electrons. The molecule has 19 heavy (non-hydrogen) atoms. The molecule has 0 atom stereocenters. The first-order chi connectivity index (χ1) is 8.84. The quantitative estimate of drug-likeness (QED) is 0.782. The van der Waals surface area contributed by atoms with Gasteiger partial charge in [-0.2, -0.15) is 13.2 Å². The van der Waals surface area contributed by atoms with Crippen LogP contribution in [0.4, 0.5) is 23.8 Å². The fourth-order valence-electron chi connectivity index (χ4n) is 1.79. The lowest BCUT2D eigenvalue weighted by Gasteiger charge is -2.35. The predicted octanol–water partition coefficient (Wildman–Crippen LogP) is 1.71. The molecular weight excluding hydrogens is 265 g/mol. The maximum atomic E-state index is 12.2. The molecule has 1 fully saturated rings. The Kier molecular flexibility index (Phi) is 3.45. The third-order valence-electron chi connectivity index (χ3n) is 2.76. The number of hydrogen-bond acceptors (Lipinski definition) is 4. The maximum absolute atomic E-state index is 12.2. The molecule has 3 N–H and O–H groups in total. The molecule has 6 nitrogen and oxygen atoms in total. The monoisotopic (exact) mass is 276 g/mol. The second kappa shape index (κ2) is 4.90. The summed E-state index contributed by atoms with van der Waals surface area (Å²) in [4.78, 5) is 17.2. The number of amides is 1. The molecule has 1 aliphatic carbocycles. The minimum atomic E-state index is -4.50. The van der Waals surface area contributed by atoms with Crippen LogP contribution in [0.15, 0.2) is 12.4 Å². The summed E-state index contributed by atoms with van der Waals surface area (Å²) in [6.45, 7) is 0. The number of alkyl halides is 3. The molecule has 1 amide bonds. The average Bonchev–Trinajstić information content (AvgIpc) is 2.25. The van der Waals surface area contributed by atoms with E-state index in [-0.39, 0.29) is 17.9 Å². The number of rotatable bonds is 3. The normalized spacial score (nSPS) is 22.5. The van der Waals surface area contributed by atoms with E-state index < -0.39 is 18.0 Å². The van der Waals surface area contributed by atoms with Crippen molar-refractivity contribution in [2.45, 2.75) is 31.1 Å². The van der Waals surface area contributed by atoms with Gasteiger partial charge in [-0.1, -0.05) is 0 Å². The van der Waals surface area contributed by atoms with Crippen molar-refractivity contribution in [3.63, 3.8) is 0 Å². The number of aromatic nitrogens is 2. The molecule has 0 bridgehead atoms. The summed E-state index contributed by atoms with van der Waals surface area (Å²) in [7, 11) is 0. The molecule has 1 heterocycles. The largest absolute Gasteiger partial charge is 0.465 e. The smallest absolute Gasteiger partial charge is 0.434 e. The van der Waals surface area contributed by atoms with Crippen LogP contribution in [0.2, 0.25) is 0 Å². The highest BCUT2D eigenvalue weighted by atomic mass is 19.4. The van der Waals surface area contributed by atoms with Gasteiger partial charge < -0.3 is 15.7 Å². The number of anilines is 1. The third-order valence-corrected chi connectivity index (χ3v) is 2.76. The lowest BCUT2D eigenvalue weighted by molar-refractivity contribution is -0.141. The van der Waals surface area contributed by atoms with E-state index in [1.807, 2.05) is 0 Å². The van der Waals surface area contributed by atoms with Gasteiger partial charge in [0, 0.05) is 12.1 Å². The lowest BCUT2D eigenvalue weighted by atomic mass is 9.87. The molecular formula is C10H11F3N4O2. The topological polar surface area (TPSA) is 87.1 Å². The van der Waals surface area contributed by atoms with E-state index >= 15 is 0 Å². The van der Waals surface area contributed by atoms with Crippen LogP contribution < -0.4 is 10.6 Å². The van der Waals surface area contributed by atoms with Crippen molar-refractivity contribution in [2.75, 3.05) is 5.32 Å². The Morgan fingerprint density at radius 2 is 1.95 bits per heavy atom. The molecule has 2 rings (SSSR count). The van der Waals surface area contributed by atoms with E-state index in [2.05, 4.69) is 20.6 Å². The molecule has 0 aliphatic heterocycles. The number of hydrogen-bond donors (Lipinski definition) is 3. The second-order valence-corrected chi connectivity index (χ2v) is 4.24. The van der Waals surface area contributed by atoms with Crippen molar-refractivity contribution in [3.8, 4) is 0 Å². The van der Waals surface area contributed by atoms with Crippen molar-refractivity contribution in [2.24, 2.45) is 0 Å². The Bertz CT molecular complexity index is 457. The Hall–Kier alpha value is -2.06. The Morgan fingerprint density at radius 1 is 1.26 bits per heavy atom. The third kappa shape index (κ3) is 3.46. The first-order valence-corrected chi connectivity index (χ1v) is 5.50. The highest BCUT2D eigenvalue weighted by Gasteiger charge is 2.33. The first kappa shape index (κ1) is 13.4. The molecule has 1 aromatic rings. The summed E-state index contributed by atoms with van der Waals surface area (Å²) in [6.07, 6.45) is -2.78. The maximum Gasteiger partial charge on any atom is 0.434 e. The molecule has 104 valence electrons. The van der Waals surface area contributed by atoms with Crippen LogP contribution in [0.5, 0.6) is 0 Å². The fourth-order valence-corrected chi connectivity index (χ4v) is 1.79. The zero-order valence-electron chi connectivity index (χ0n) is 9.61. The molecule has 0 saturated heterocycles. The summed E-state index contributed by atoms with van der Waals surface area (Å²) >= 11 is 0. The van der Waals surface area contributed by atoms with E-state index in [0.29, 0.717) is 19.0 Å². The van der Waals surface area contributed by atoms with Crippen molar-refractivity contribution in [3.05, 3.63) is 18.1 Å². The minimum absolute atomic E-state index is 0.0112. The van der Waals surface area contributed by atoms with Gasteiger partial charge in [0.05, 0.1) is 12.4 Å². The van der Waals surface area contributed by atoms with Gasteiger partial charge in [-0.25, -0.2) is 14.8 Å². The summed E-state index contributed by atoms with van der Waals surface area (Å²) < 4.78 is 36.7. The van der Waals surface area contributed by atoms with Gasteiger partial charge in [0.2, 0.25) is 0 Å². The molecule has 0 spiro atoms. The van der Waals surface area contributed by atoms with Gasteiger partial charge in [-0.3, -0.25) is 0 Å². The van der Waals surface area contributed by atoms with E-state index in [1.54, 1.807) is 0 Å². The Balaban J connectivity index is 1.84. The van der Waals surface area contributed by atoms with Crippen LogP contribution in [0, 0.1) is 0 Å². The first-order valence-electron chi connectivity index (χ1n) is 5.50. The molecule has 0 unspecified atom stereocenters. The molecule has 0 aromatic carbocycles. The molecule has 1 saturated carbocycles. The summed E-state index contributed by atoms with van der Waals surface area (Å²) in [5, 5.41) is 13.7.